The van der Waals surface area contributed by atoms with E-state index in [1.54, 1.807) is 23.3 Å². The number of amides is 2. The predicted molar refractivity (Wildman–Crippen MR) is 136 cm³/mol. The SMILES string of the molecule is COc1ccccc1CN1C(=O)NC(c2ccc(C)c(C)c2)C(c2nc(-c3cccs3)no2)=C1C. The normalized spacial score (nSPS) is 15.9. The van der Waals surface area contributed by atoms with Crippen molar-refractivity contribution in [2.24, 2.45) is 0 Å². The first-order valence-electron chi connectivity index (χ1n) is 11.3. The molecule has 7 nitrogen and oxygen atoms in total. The van der Waals surface area contributed by atoms with Gasteiger partial charge in [-0.3, -0.25) is 4.90 Å². The van der Waals surface area contributed by atoms with E-state index in [2.05, 4.69) is 36.5 Å². The van der Waals surface area contributed by atoms with E-state index in [0.717, 1.165) is 38.6 Å². The van der Waals surface area contributed by atoms with Crippen molar-refractivity contribution in [3.8, 4) is 16.5 Å². The Kier molecular flexibility index (Phi) is 6.13. The fourth-order valence-corrected chi connectivity index (χ4v) is 4.93. The van der Waals surface area contributed by atoms with E-state index < -0.39 is 6.04 Å². The molecule has 1 N–H and O–H groups in total. The van der Waals surface area contributed by atoms with Crippen LogP contribution >= 0.6 is 11.3 Å². The minimum absolute atomic E-state index is 0.196. The fraction of sp³-hybridized carbons (Fsp3) is 0.222. The zero-order valence-corrected chi connectivity index (χ0v) is 20.8. The van der Waals surface area contributed by atoms with Gasteiger partial charge in [0.15, 0.2) is 0 Å². The summed E-state index contributed by atoms with van der Waals surface area (Å²) >= 11 is 1.55. The summed E-state index contributed by atoms with van der Waals surface area (Å²) in [5.41, 5.74) is 5.73. The van der Waals surface area contributed by atoms with Gasteiger partial charge >= 0.3 is 6.03 Å². The molecule has 5 rings (SSSR count). The summed E-state index contributed by atoms with van der Waals surface area (Å²) in [4.78, 5) is 20.7. The maximum Gasteiger partial charge on any atom is 0.322 e. The van der Waals surface area contributed by atoms with Crippen LogP contribution in [0.1, 0.15) is 41.1 Å². The molecule has 0 fully saturated rings. The van der Waals surface area contributed by atoms with Crippen molar-refractivity contribution in [1.29, 1.82) is 0 Å². The Morgan fingerprint density at radius 2 is 1.91 bits per heavy atom. The number of nitrogens with zero attached hydrogens (tertiary/aromatic N) is 3. The zero-order valence-electron chi connectivity index (χ0n) is 20.0. The Morgan fingerprint density at radius 3 is 2.66 bits per heavy atom. The number of para-hydroxylation sites is 1. The molecule has 4 aromatic rings. The third kappa shape index (κ3) is 4.33. The first-order chi connectivity index (χ1) is 17.0. The van der Waals surface area contributed by atoms with Gasteiger partial charge in [0, 0.05) is 11.3 Å². The Bertz CT molecular complexity index is 1410. The molecule has 2 aromatic heterocycles. The average Bonchev–Trinajstić information content (AvgIpc) is 3.56. The van der Waals surface area contributed by atoms with Crippen molar-refractivity contribution in [3.63, 3.8) is 0 Å². The second-order valence-electron chi connectivity index (χ2n) is 8.52. The molecule has 2 amide bonds. The highest BCUT2D eigenvalue weighted by molar-refractivity contribution is 7.13. The molecule has 3 heterocycles. The summed E-state index contributed by atoms with van der Waals surface area (Å²) in [7, 11) is 1.63. The van der Waals surface area contributed by atoms with E-state index >= 15 is 0 Å². The molecule has 1 atom stereocenters. The fourth-order valence-electron chi connectivity index (χ4n) is 4.29. The highest BCUT2D eigenvalue weighted by Gasteiger charge is 2.36. The Morgan fingerprint density at radius 1 is 1.09 bits per heavy atom. The number of thiophene rings is 1. The zero-order chi connectivity index (χ0) is 24.5. The number of rotatable bonds is 6. The highest BCUT2D eigenvalue weighted by Crippen LogP contribution is 2.39. The summed E-state index contributed by atoms with van der Waals surface area (Å²) in [6, 6.07) is 17.2. The lowest BCUT2D eigenvalue weighted by atomic mass is 9.92. The molecule has 0 saturated carbocycles. The Hall–Kier alpha value is -3.91. The molecule has 2 aromatic carbocycles. The number of carbonyl (C=O) groups is 1. The number of allylic oxidation sites excluding steroid dienone is 1. The highest BCUT2D eigenvalue weighted by atomic mass is 32.1. The van der Waals surface area contributed by atoms with Crippen molar-refractivity contribution in [3.05, 3.63) is 93.8 Å². The van der Waals surface area contributed by atoms with Crippen LogP contribution in [0.5, 0.6) is 5.75 Å². The van der Waals surface area contributed by atoms with E-state index in [-0.39, 0.29) is 6.03 Å². The lowest BCUT2D eigenvalue weighted by Crippen LogP contribution is -2.45. The third-order valence-corrected chi connectivity index (χ3v) is 7.25. The summed E-state index contributed by atoms with van der Waals surface area (Å²) in [5, 5.41) is 9.37. The topological polar surface area (TPSA) is 80.5 Å². The standard InChI is InChI=1S/C27H26N4O3S/c1-16-11-12-19(14-17(16)2)24-23(26-29-25(30-34-26)22-10-7-13-35-22)18(3)31(27(32)28-24)15-20-8-5-6-9-21(20)33-4/h5-14,24H,15H2,1-4H3,(H,28,32). The number of aromatic nitrogens is 2. The van der Waals surface area contributed by atoms with Gasteiger partial charge in [-0.2, -0.15) is 4.98 Å². The number of ether oxygens (including phenoxy) is 1. The van der Waals surface area contributed by atoms with Crippen LogP contribution in [-0.4, -0.2) is 28.2 Å². The van der Waals surface area contributed by atoms with Gasteiger partial charge in [0.2, 0.25) is 5.82 Å². The molecule has 0 aliphatic carbocycles. The van der Waals surface area contributed by atoms with Crippen molar-refractivity contribution < 1.29 is 14.1 Å². The Labute approximate surface area is 208 Å². The molecule has 0 bridgehead atoms. The summed E-state index contributed by atoms with van der Waals surface area (Å²) in [6.45, 7) is 6.40. The second-order valence-corrected chi connectivity index (χ2v) is 9.47. The van der Waals surface area contributed by atoms with Crippen molar-refractivity contribution >= 4 is 22.9 Å². The summed E-state index contributed by atoms with van der Waals surface area (Å²) in [5.74, 6) is 1.64. The minimum atomic E-state index is -0.424. The van der Waals surface area contributed by atoms with Crippen LogP contribution in [0.4, 0.5) is 4.79 Å². The molecular weight excluding hydrogens is 460 g/mol. The minimum Gasteiger partial charge on any atom is -0.496 e. The smallest absolute Gasteiger partial charge is 0.322 e. The number of hydrogen-bond donors (Lipinski definition) is 1. The third-order valence-electron chi connectivity index (χ3n) is 6.38. The van der Waals surface area contributed by atoms with Gasteiger partial charge in [-0.25, -0.2) is 4.79 Å². The van der Waals surface area contributed by atoms with Crippen molar-refractivity contribution in [1.82, 2.24) is 20.4 Å². The number of benzene rings is 2. The first kappa shape index (κ1) is 22.9. The second kappa shape index (κ2) is 9.38. The van der Waals surface area contributed by atoms with Crippen LogP contribution in [0.25, 0.3) is 16.3 Å². The number of carbonyl (C=O) groups excluding carboxylic acids is 1. The van der Waals surface area contributed by atoms with E-state index in [1.165, 1.54) is 5.56 Å². The van der Waals surface area contributed by atoms with Crippen molar-refractivity contribution in [2.75, 3.05) is 7.11 Å². The maximum absolute atomic E-state index is 13.4. The van der Waals surface area contributed by atoms with Gasteiger partial charge in [0.1, 0.15) is 5.75 Å². The van der Waals surface area contributed by atoms with Crippen LogP contribution in [0.2, 0.25) is 0 Å². The van der Waals surface area contributed by atoms with Crippen LogP contribution in [0, 0.1) is 13.8 Å². The van der Waals surface area contributed by atoms with Gasteiger partial charge in [-0.05, 0) is 55.0 Å². The van der Waals surface area contributed by atoms with E-state index in [9.17, 15) is 4.79 Å². The number of urea groups is 1. The summed E-state index contributed by atoms with van der Waals surface area (Å²) in [6.07, 6.45) is 0. The molecule has 1 unspecified atom stereocenters. The average molecular weight is 487 g/mol. The number of hydrogen-bond acceptors (Lipinski definition) is 6. The van der Waals surface area contributed by atoms with Gasteiger partial charge in [0.25, 0.3) is 5.89 Å². The molecule has 35 heavy (non-hydrogen) atoms. The Balaban J connectivity index is 1.62. The molecular formula is C27H26N4O3S. The molecule has 0 radical (unpaired) electrons. The predicted octanol–water partition coefficient (Wildman–Crippen LogP) is 6.12. The number of methoxy groups -OCH3 is 1. The van der Waals surface area contributed by atoms with Crippen LogP contribution in [-0.2, 0) is 6.54 Å². The lowest BCUT2D eigenvalue weighted by molar-refractivity contribution is 0.202. The van der Waals surface area contributed by atoms with E-state index in [1.807, 2.05) is 54.8 Å². The van der Waals surface area contributed by atoms with Crippen LogP contribution in [0.3, 0.4) is 0 Å². The molecule has 1 aliphatic rings. The van der Waals surface area contributed by atoms with Gasteiger partial charge < -0.3 is 14.6 Å². The maximum atomic E-state index is 13.4. The molecule has 0 saturated heterocycles. The lowest BCUT2D eigenvalue weighted by Gasteiger charge is -2.35. The number of aryl methyl sites for hydroxylation is 2. The molecule has 0 spiro atoms. The van der Waals surface area contributed by atoms with E-state index in [0.29, 0.717) is 18.3 Å². The molecule has 1 aliphatic heterocycles. The van der Waals surface area contributed by atoms with Crippen LogP contribution in [0.15, 0.2) is 70.2 Å². The van der Waals surface area contributed by atoms with Crippen LogP contribution < -0.4 is 10.1 Å². The van der Waals surface area contributed by atoms with Crippen molar-refractivity contribution in [2.45, 2.75) is 33.4 Å². The molecule has 178 valence electrons. The van der Waals surface area contributed by atoms with E-state index in [4.69, 9.17) is 14.2 Å². The monoisotopic (exact) mass is 486 g/mol. The summed E-state index contributed by atoms with van der Waals surface area (Å²) < 4.78 is 11.3. The van der Waals surface area contributed by atoms with Gasteiger partial charge in [-0.1, -0.05) is 47.6 Å². The largest absolute Gasteiger partial charge is 0.496 e. The molecule has 8 heteroatoms. The number of nitrogens with one attached hydrogen (secondary N) is 1. The van der Waals surface area contributed by atoms with Gasteiger partial charge in [-0.15, -0.1) is 11.3 Å². The first-order valence-corrected chi connectivity index (χ1v) is 12.2. The quantitative estimate of drug-likeness (QED) is 0.355. The van der Waals surface area contributed by atoms with Gasteiger partial charge in [0.05, 0.1) is 30.1 Å².